The summed E-state index contributed by atoms with van der Waals surface area (Å²) in [6.45, 7) is 7.29. The van der Waals surface area contributed by atoms with E-state index in [4.69, 9.17) is 5.73 Å². The highest BCUT2D eigenvalue weighted by molar-refractivity contribution is 7.99. The Morgan fingerprint density at radius 1 is 1.40 bits per heavy atom. The number of benzene rings is 1. The quantitative estimate of drug-likeness (QED) is 0.772. The molecule has 1 unspecified atom stereocenters. The van der Waals surface area contributed by atoms with Gasteiger partial charge in [0.2, 0.25) is 0 Å². The SMILES string of the molecule is CCC(C)CSc1ccc(C)cc1CN. The lowest BCUT2D eigenvalue weighted by molar-refractivity contribution is 0.637. The molecule has 0 radical (unpaired) electrons. The molecule has 0 bridgehead atoms. The van der Waals surface area contributed by atoms with Gasteiger partial charge in [0, 0.05) is 17.2 Å². The molecule has 0 amide bonds. The lowest BCUT2D eigenvalue weighted by atomic mass is 10.1. The molecule has 0 aliphatic carbocycles. The molecule has 0 saturated heterocycles. The first kappa shape index (κ1) is 12.6. The van der Waals surface area contributed by atoms with Gasteiger partial charge in [-0.25, -0.2) is 0 Å². The van der Waals surface area contributed by atoms with E-state index in [-0.39, 0.29) is 0 Å². The second-order valence-corrected chi connectivity index (χ2v) is 5.20. The summed E-state index contributed by atoms with van der Waals surface area (Å²) in [6.07, 6.45) is 1.25. The van der Waals surface area contributed by atoms with Gasteiger partial charge >= 0.3 is 0 Å². The molecule has 84 valence electrons. The zero-order chi connectivity index (χ0) is 11.3. The molecule has 2 N–H and O–H groups in total. The van der Waals surface area contributed by atoms with Gasteiger partial charge in [-0.15, -0.1) is 11.8 Å². The van der Waals surface area contributed by atoms with Gasteiger partial charge in [-0.1, -0.05) is 38.0 Å². The first-order valence-electron chi connectivity index (χ1n) is 5.59. The Balaban J connectivity index is 2.67. The minimum atomic E-state index is 0.643. The highest BCUT2D eigenvalue weighted by Crippen LogP contribution is 2.26. The first-order chi connectivity index (χ1) is 7.17. The van der Waals surface area contributed by atoms with E-state index in [0.29, 0.717) is 6.54 Å². The van der Waals surface area contributed by atoms with Crippen LogP contribution in [0.2, 0.25) is 0 Å². The summed E-state index contributed by atoms with van der Waals surface area (Å²) in [5.74, 6) is 1.97. The Kier molecular flexibility index (Phi) is 5.20. The molecule has 15 heavy (non-hydrogen) atoms. The van der Waals surface area contributed by atoms with Crippen molar-refractivity contribution in [2.45, 2.75) is 38.6 Å². The van der Waals surface area contributed by atoms with E-state index in [1.807, 2.05) is 11.8 Å². The zero-order valence-electron chi connectivity index (χ0n) is 9.92. The molecule has 1 nitrogen and oxygen atoms in total. The lowest BCUT2D eigenvalue weighted by Crippen LogP contribution is -2.01. The van der Waals surface area contributed by atoms with Crippen LogP contribution in [0.1, 0.15) is 31.4 Å². The maximum Gasteiger partial charge on any atom is 0.0189 e. The fourth-order valence-corrected chi connectivity index (χ4v) is 2.55. The first-order valence-corrected chi connectivity index (χ1v) is 6.58. The minimum absolute atomic E-state index is 0.643. The van der Waals surface area contributed by atoms with Crippen molar-refractivity contribution in [3.63, 3.8) is 0 Å². The van der Waals surface area contributed by atoms with Gasteiger partial charge in [-0.2, -0.15) is 0 Å². The second kappa shape index (κ2) is 6.19. The second-order valence-electron chi connectivity index (χ2n) is 4.14. The van der Waals surface area contributed by atoms with Crippen molar-refractivity contribution < 1.29 is 0 Å². The van der Waals surface area contributed by atoms with Crippen molar-refractivity contribution in [1.29, 1.82) is 0 Å². The Labute approximate surface area is 97.4 Å². The van der Waals surface area contributed by atoms with Gasteiger partial charge in [-0.05, 0) is 24.5 Å². The predicted octanol–water partition coefficient (Wildman–Crippen LogP) is 3.59. The van der Waals surface area contributed by atoms with E-state index in [1.165, 1.54) is 28.2 Å². The third-order valence-corrected chi connectivity index (χ3v) is 4.10. The topological polar surface area (TPSA) is 26.0 Å². The summed E-state index contributed by atoms with van der Waals surface area (Å²) in [5.41, 5.74) is 8.32. The smallest absolute Gasteiger partial charge is 0.0189 e. The highest BCUT2D eigenvalue weighted by atomic mass is 32.2. The molecular formula is C13H21NS. The Morgan fingerprint density at radius 3 is 2.73 bits per heavy atom. The summed E-state index contributed by atoms with van der Waals surface area (Å²) in [7, 11) is 0. The van der Waals surface area contributed by atoms with Crippen molar-refractivity contribution >= 4 is 11.8 Å². The van der Waals surface area contributed by atoms with Crippen LogP contribution in [0.3, 0.4) is 0 Å². The highest BCUT2D eigenvalue weighted by Gasteiger charge is 2.04. The minimum Gasteiger partial charge on any atom is -0.326 e. The van der Waals surface area contributed by atoms with E-state index in [1.54, 1.807) is 0 Å². The summed E-state index contributed by atoms with van der Waals surface area (Å²) in [5, 5.41) is 0. The van der Waals surface area contributed by atoms with E-state index >= 15 is 0 Å². The molecule has 0 saturated carbocycles. The summed E-state index contributed by atoms with van der Waals surface area (Å²) in [4.78, 5) is 1.35. The molecule has 0 aromatic heterocycles. The van der Waals surface area contributed by atoms with Crippen molar-refractivity contribution in [1.82, 2.24) is 0 Å². The Bertz CT molecular complexity index is 309. The van der Waals surface area contributed by atoms with E-state index in [9.17, 15) is 0 Å². The molecule has 1 aromatic carbocycles. The third-order valence-electron chi connectivity index (χ3n) is 2.66. The lowest BCUT2D eigenvalue weighted by Gasteiger charge is -2.11. The van der Waals surface area contributed by atoms with Gasteiger partial charge in [-0.3, -0.25) is 0 Å². The van der Waals surface area contributed by atoms with Gasteiger partial charge in [0.15, 0.2) is 0 Å². The van der Waals surface area contributed by atoms with Gasteiger partial charge < -0.3 is 5.73 Å². The zero-order valence-corrected chi connectivity index (χ0v) is 10.7. The van der Waals surface area contributed by atoms with E-state index < -0.39 is 0 Å². The average molecular weight is 223 g/mol. The van der Waals surface area contributed by atoms with Crippen LogP contribution in [0.5, 0.6) is 0 Å². The number of nitrogens with two attached hydrogens (primary N) is 1. The number of hydrogen-bond donors (Lipinski definition) is 1. The van der Waals surface area contributed by atoms with Crippen molar-refractivity contribution in [3.8, 4) is 0 Å². The molecule has 0 aliphatic rings. The summed E-state index contributed by atoms with van der Waals surface area (Å²) in [6, 6.07) is 6.56. The van der Waals surface area contributed by atoms with Crippen molar-refractivity contribution in [2.24, 2.45) is 11.7 Å². The summed E-state index contributed by atoms with van der Waals surface area (Å²) >= 11 is 1.93. The predicted molar refractivity (Wildman–Crippen MR) is 69.2 cm³/mol. The molecular weight excluding hydrogens is 202 g/mol. The Morgan fingerprint density at radius 2 is 2.13 bits per heavy atom. The molecule has 0 aliphatic heterocycles. The number of rotatable bonds is 5. The standard InChI is InChI=1S/C13H21NS/c1-4-10(2)9-15-13-6-5-11(3)7-12(13)8-14/h5-7,10H,4,8-9,14H2,1-3H3. The van der Waals surface area contributed by atoms with Crippen LogP contribution in [0.25, 0.3) is 0 Å². The monoisotopic (exact) mass is 223 g/mol. The maximum absolute atomic E-state index is 5.75. The van der Waals surface area contributed by atoms with Crippen LogP contribution in [0, 0.1) is 12.8 Å². The number of hydrogen-bond acceptors (Lipinski definition) is 2. The van der Waals surface area contributed by atoms with Crippen LogP contribution < -0.4 is 5.73 Å². The van der Waals surface area contributed by atoms with Crippen molar-refractivity contribution in [3.05, 3.63) is 29.3 Å². The van der Waals surface area contributed by atoms with Gasteiger partial charge in [0.1, 0.15) is 0 Å². The molecule has 0 spiro atoms. The molecule has 2 heteroatoms. The van der Waals surface area contributed by atoms with Gasteiger partial charge in [0.25, 0.3) is 0 Å². The van der Waals surface area contributed by atoms with Gasteiger partial charge in [0.05, 0.1) is 0 Å². The molecule has 1 atom stereocenters. The van der Waals surface area contributed by atoms with E-state index in [2.05, 4.69) is 39.0 Å². The fraction of sp³-hybridized carbons (Fsp3) is 0.538. The molecule has 1 rings (SSSR count). The fourth-order valence-electron chi connectivity index (χ4n) is 1.36. The number of aryl methyl sites for hydroxylation is 1. The van der Waals surface area contributed by atoms with Crippen LogP contribution in [0.15, 0.2) is 23.1 Å². The maximum atomic E-state index is 5.75. The van der Waals surface area contributed by atoms with E-state index in [0.717, 1.165) is 5.92 Å². The normalized spacial score (nSPS) is 12.8. The molecule has 0 heterocycles. The van der Waals surface area contributed by atoms with Crippen molar-refractivity contribution in [2.75, 3.05) is 5.75 Å². The molecule has 0 fully saturated rings. The Hall–Kier alpha value is -0.470. The molecule has 1 aromatic rings. The van der Waals surface area contributed by atoms with Crippen LogP contribution in [-0.4, -0.2) is 5.75 Å². The van der Waals surface area contributed by atoms with Crippen LogP contribution >= 0.6 is 11.8 Å². The third kappa shape index (κ3) is 3.88. The number of thioether (sulfide) groups is 1. The van der Waals surface area contributed by atoms with Crippen LogP contribution in [0.4, 0.5) is 0 Å². The van der Waals surface area contributed by atoms with Crippen LogP contribution in [-0.2, 0) is 6.54 Å². The average Bonchev–Trinajstić information content (AvgIpc) is 2.26. The summed E-state index contributed by atoms with van der Waals surface area (Å²) < 4.78 is 0. The largest absolute Gasteiger partial charge is 0.326 e.